The first-order valence-electron chi connectivity index (χ1n) is 3.51. The SMILES string of the molecule is CCC[C@@]1(C)O[C@H]1CO. The third-order valence-electron chi connectivity index (χ3n) is 1.95. The van der Waals surface area contributed by atoms with Crippen LogP contribution in [-0.2, 0) is 4.74 Å². The van der Waals surface area contributed by atoms with E-state index in [2.05, 4.69) is 13.8 Å². The first-order valence-corrected chi connectivity index (χ1v) is 3.51. The number of hydrogen-bond acceptors (Lipinski definition) is 2. The van der Waals surface area contributed by atoms with Crippen LogP contribution in [0.2, 0.25) is 0 Å². The molecule has 1 aliphatic heterocycles. The average Bonchev–Trinajstić information content (AvgIpc) is 2.43. The number of epoxide rings is 1. The van der Waals surface area contributed by atoms with Gasteiger partial charge in [0.2, 0.25) is 0 Å². The zero-order valence-electron chi connectivity index (χ0n) is 6.05. The highest BCUT2D eigenvalue weighted by molar-refractivity contribution is 4.97. The standard InChI is InChI=1S/C7H14O2/c1-3-4-7(2)6(5-8)9-7/h6,8H,3-5H2,1-2H3/t6-,7+/m0/s1. The van der Waals surface area contributed by atoms with Gasteiger partial charge in [-0.3, -0.25) is 0 Å². The number of rotatable bonds is 3. The van der Waals surface area contributed by atoms with Crippen LogP contribution in [0.4, 0.5) is 0 Å². The number of aliphatic hydroxyl groups is 1. The fraction of sp³-hybridized carbons (Fsp3) is 1.00. The molecule has 1 N–H and O–H groups in total. The molecule has 0 aromatic heterocycles. The molecular weight excluding hydrogens is 116 g/mol. The average molecular weight is 130 g/mol. The van der Waals surface area contributed by atoms with Gasteiger partial charge in [-0.05, 0) is 13.3 Å². The summed E-state index contributed by atoms with van der Waals surface area (Å²) in [7, 11) is 0. The molecule has 0 aliphatic carbocycles. The summed E-state index contributed by atoms with van der Waals surface area (Å²) >= 11 is 0. The summed E-state index contributed by atoms with van der Waals surface area (Å²) in [6.45, 7) is 4.36. The molecule has 2 heteroatoms. The minimum absolute atomic E-state index is 0.0174. The Morgan fingerprint density at radius 1 is 1.67 bits per heavy atom. The number of ether oxygens (including phenoxy) is 1. The van der Waals surface area contributed by atoms with E-state index in [1.54, 1.807) is 0 Å². The molecule has 1 rings (SSSR count). The van der Waals surface area contributed by atoms with Crippen molar-refractivity contribution in [3.8, 4) is 0 Å². The van der Waals surface area contributed by atoms with E-state index in [1.807, 2.05) is 0 Å². The van der Waals surface area contributed by atoms with E-state index in [-0.39, 0.29) is 18.3 Å². The molecule has 0 spiro atoms. The maximum Gasteiger partial charge on any atom is 0.110 e. The summed E-state index contributed by atoms with van der Waals surface area (Å²) in [5.41, 5.74) is 0.0174. The molecule has 0 unspecified atom stereocenters. The summed E-state index contributed by atoms with van der Waals surface area (Å²) in [6.07, 6.45) is 2.32. The van der Waals surface area contributed by atoms with Gasteiger partial charge in [0.15, 0.2) is 0 Å². The molecule has 0 aromatic rings. The van der Waals surface area contributed by atoms with Gasteiger partial charge in [-0.15, -0.1) is 0 Å². The minimum atomic E-state index is 0.0174. The van der Waals surface area contributed by atoms with Crippen molar-refractivity contribution in [2.24, 2.45) is 0 Å². The Balaban J connectivity index is 2.25. The van der Waals surface area contributed by atoms with Crippen molar-refractivity contribution in [1.82, 2.24) is 0 Å². The highest BCUT2D eigenvalue weighted by Crippen LogP contribution is 2.39. The van der Waals surface area contributed by atoms with Crippen LogP contribution in [-0.4, -0.2) is 23.4 Å². The summed E-state index contributed by atoms with van der Waals surface area (Å²) in [5, 5.41) is 8.64. The minimum Gasteiger partial charge on any atom is -0.394 e. The molecular formula is C7H14O2. The highest BCUT2D eigenvalue weighted by Gasteiger charge is 2.50. The largest absolute Gasteiger partial charge is 0.394 e. The van der Waals surface area contributed by atoms with Gasteiger partial charge in [-0.25, -0.2) is 0 Å². The van der Waals surface area contributed by atoms with Gasteiger partial charge in [0.05, 0.1) is 12.2 Å². The first kappa shape index (κ1) is 7.03. The molecule has 54 valence electrons. The van der Waals surface area contributed by atoms with E-state index in [9.17, 15) is 0 Å². The maximum absolute atomic E-state index is 8.64. The Morgan fingerprint density at radius 2 is 2.33 bits per heavy atom. The quantitative estimate of drug-likeness (QED) is 0.576. The number of hydrogen-bond donors (Lipinski definition) is 1. The highest BCUT2D eigenvalue weighted by atomic mass is 16.6. The van der Waals surface area contributed by atoms with Crippen LogP contribution in [0, 0.1) is 0 Å². The van der Waals surface area contributed by atoms with E-state index >= 15 is 0 Å². The van der Waals surface area contributed by atoms with Gasteiger partial charge in [0.25, 0.3) is 0 Å². The summed E-state index contributed by atoms with van der Waals surface area (Å²) in [5.74, 6) is 0. The van der Waals surface area contributed by atoms with Gasteiger partial charge in [0, 0.05) is 0 Å². The van der Waals surface area contributed by atoms with Gasteiger partial charge < -0.3 is 9.84 Å². The topological polar surface area (TPSA) is 32.8 Å². The van der Waals surface area contributed by atoms with Gasteiger partial charge in [0.1, 0.15) is 6.10 Å². The fourth-order valence-electron chi connectivity index (χ4n) is 1.24. The summed E-state index contributed by atoms with van der Waals surface area (Å²) < 4.78 is 5.24. The van der Waals surface area contributed by atoms with Crippen LogP contribution in [0.15, 0.2) is 0 Å². The lowest BCUT2D eigenvalue weighted by Gasteiger charge is -2.00. The molecule has 1 heterocycles. The molecule has 2 nitrogen and oxygen atoms in total. The monoisotopic (exact) mass is 130 g/mol. The lowest BCUT2D eigenvalue weighted by molar-refractivity contribution is 0.235. The van der Waals surface area contributed by atoms with E-state index in [4.69, 9.17) is 9.84 Å². The maximum atomic E-state index is 8.64. The first-order chi connectivity index (χ1) is 4.23. The Bertz CT molecular complexity index is 103. The molecule has 2 atom stereocenters. The molecule has 9 heavy (non-hydrogen) atoms. The lowest BCUT2D eigenvalue weighted by Crippen LogP contribution is -2.11. The molecule has 1 aliphatic rings. The van der Waals surface area contributed by atoms with Crippen LogP contribution in [0.3, 0.4) is 0 Å². The molecule has 1 fully saturated rings. The van der Waals surface area contributed by atoms with E-state index in [0.29, 0.717) is 0 Å². The molecule has 0 aromatic carbocycles. The predicted molar refractivity (Wildman–Crippen MR) is 35.3 cm³/mol. The van der Waals surface area contributed by atoms with Crippen molar-refractivity contribution >= 4 is 0 Å². The van der Waals surface area contributed by atoms with E-state index < -0.39 is 0 Å². The number of aliphatic hydroxyl groups excluding tert-OH is 1. The van der Waals surface area contributed by atoms with Crippen molar-refractivity contribution in [2.75, 3.05) is 6.61 Å². The molecule has 0 amide bonds. The third-order valence-corrected chi connectivity index (χ3v) is 1.95. The van der Waals surface area contributed by atoms with Crippen molar-refractivity contribution in [1.29, 1.82) is 0 Å². The Morgan fingerprint density at radius 3 is 2.67 bits per heavy atom. The second kappa shape index (κ2) is 2.27. The van der Waals surface area contributed by atoms with Gasteiger partial charge in [-0.1, -0.05) is 13.3 Å². The second-order valence-corrected chi connectivity index (χ2v) is 2.85. The molecule has 0 bridgehead atoms. The Kier molecular flexibility index (Phi) is 1.78. The zero-order chi connectivity index (χ0) is 6.91. The van der Waals surface area contributed by atoms with Crippen LogP contribution in [0.25, 0.3) is 0 Å². The lowest BCUT2D eigenvalue weighted by atomic mass is 10.0. The molecule has 0 saturated carbocycles. The van der Waals surface area contributed by atoms with Gasteiger partial charge in [-0.2, -0.15) is 0 Å². The third kappa shape index (κ3) is 1.25. The predicted octanol–water partition coefficient (Wildman–Crippen LogP) is 0.936. The zero-order valence-corrected chi connectivity index (χ0v) is 6.05. The second-order valence-electron chi connectivity index (χ2n) is 2.85. The van der Waals surface area contributed by atoms with Crippen LogP contribution in [0.5, 0.6) is 0 Å². The van der Waals surface area contributed by atoms with Crippen molar-refractivity contribution in [2.45, 2.75) is 38.4 Å². The Labute approximate surface area is 55.8 Å². The van der Waals surface area contributed by atoms with E-state index in [0.717, 1.165) is 12.8 Å². The van der Waals surface area contributed by atoms with Crippen molar-refractivity contribution in [3.63, 3.8) is 0 Å². The Hall–Kier alpha value is -0.0800. The summed E-state index contributed by atoms with van der Waals surface area (Å²) in [4.78, 5) is 0. The molecule has 1 saturated heterocycles. The van der Waals surface area contributed by atoms with Crippen molar-refractivity contribution < 1.29 is 9.84 Å². The van der Waals surface area contributed by atoms with Crippen molar-refractivity contribution in [3.05, 3.63) is 0 Å². The molecule has 0 radical (unpaired) electrons. The van der Waals surface area contributed by atoms with Crippen LogP contribution in [0.1, 0.15) is 26.7 Å². The van der Waals surface area contributed by atoms with Gasteiger partial charge >= 0.3 is 0 Å². The normalized spacial score (nSPS) is 41.0. The van der Waals surface area contributed by atoms with Crippen LogP contribution >= 0.6 is 0 Å². The smallest absolute Gasteiger partial charge is 0.110 e. The van der Waals surface area contributed by atoms with Crippen LogP contribution < -0.4 is 0 Å². The van der Waals surface area contributed by atoms with E-state index in [1.165, 1.54) is 0 Å². The summed E-state index contributed by atoms with van der Waals surface area (Å²) in [6, 6.07) is 0. The fourth-order valence-corrected chi connectivity index (χ4v) is 1.24.